The van der Waals surface area contributed by atoms with E-state index >= 15 is 0 Å². The van der Waals surface area contributed by atoms with Crippen LogP contribution in [-0.4, -0.2) is 17.9 Å². The van der Waals surface area contributed by atoms with Crippen molar-refractivity contribution in [1.82, 2.24) is 0 Å². The molecule has 2 aliphatic carbocycles. The standard InChI is InChI=1S/C14H22O3/c1-9(17-14(2,3)4)16-13(15)12-8-10-5-6-11(12)7-10/h5-6,9-12H,7-8H2,1-4H3. The van der Waals surface area contributed by atoms with Crippen LogP contribution in [0.15, 0.2) is 12.2 Å². The quantitative estimate of drug-likeness (QED) is 0.431. The monoisotopic (exact) mass is 238 g/mol. The second kappa shape index (κ2) is 4.45. The molecular weight excluding hydrogens is 216 g/mol. The predicted octanol–water partition coefficient (Wildman–Crippen LogP) is 2.90. The molecule has 0 aromatic carbocycles. The van der Waals surface area contributed by atoms with E-state index in [0.29, 0.717) is 11.8 Å². The summed E-state index contributed by atoms with van der Waals surface area (Å²) in [6, 6.07) is 0. The van der Waals surface area contributed by atoms with Crippen molar-refractivity contribution in [2.24, 2.45) is 17.8 Å². The highest BCUT2D eigenvalue weighted by molar-refractivity contribution is 5.74. The second-order valence-electron chi connectivity index (χ2n) is 6.12. The molecule has 0 heterocycles. The fraction of sp³-hybridized carbons (Fsp3) is 0.786. The lowest BCUT2D eigenvalue weighted by atomic mass is 9.94. The Labute approximate surface area is 103 Å². The van der Waals surface area contributed by atoms with Crippen LogP contribution >= 0.6 is 0 Å². The molecule has 3 heteroatoms. The molecule has 0 aliphatic heterocycles. The Hall–Kier alpha value is -0.830. The van der Waals surface area contributed by atoms with Gasteiger partial charge in [-0.2, -0.15) is 0 Å². The molecule has 0 radical (unpaired) electrons. The molecule has 1 fully saturated rings. The Kier molecular flexibility index (Phi) is 3.30. The minimum Gasteiger partial charge on any atom is -0.436 e. The van der Waals surface area contributed by atoms with Gasteiger partial charge in [-0.3, -0.25) is 4.79 Å². The largest absolute Gasteiger partial charge is 0.436 e. The molecule has 17 heavy (non-hydrogen) atoms. The summed E-state index contributed by atoms with van der Waals surface area (Å²) in [6.45, 7) is 7.65. The van der Waals surface area contributed by atoms with Gasteiger partial charge in [0, 0.05) is 0 Å². The maximum Gasteiger partial charge on any atom is 0.311 e. The van der Waals surface area contributed by atoms with Crippen LogP contribution in [0.1, 0.15) is 40.5 Å². The van der Waals surface area contributed by atoms with Crippen LogP contribution in [0.5, 0.6) is 0 Å². The summed E-state index contributed by atoms with van der Waals surface area (Å²) in [4.78, 5) is 12.0. The van der Waals surface area contributed by atoms with Crippen molar-refractivity contribution in [3.05, 3.63) is 12.2 Å². The van der Waals surface area contributed by atoms with E-state index in [9.17, 15) is 4.79 Å². The van der Waals surface area contributed by atoms with E-state index < -0.39 is 6.29 Å². The van der Waals surface area contributed by atoms with Crippen LogP contribution in [0.3, 0.4) is 0 Å². The summed E-state index contributed by atoms with van der Waals surface area (Å²) in [7, 11) is 0. The molecule has 0 amide bonds. The van der Waals surface area contributed by atoms with Gasteiger partial charge in [0.05, 0.1) is 11.5 Å². The van der Waals surface area contributed by atoms with Gasteiger partial charge in [-0.05, 0) is 52.4 Å². The zero-order valence-electron chi connectivity index (χ0n) is 11.1. The Morgan fingerprint density at radius 3 is 2.47 bits per heavy atom. The number of carbonyl (C=O) groups is 1. The fourth-order valence-corrected chi connectivity index (χ4v) is 2.82. The summed E-state index contributed by atoms with van der Waals surface area (Å²) >= 11 is 0. The molecule has 0 saturated heterocycles. The van der Waals surface area contributed by atoms with Crippen LogP contribution in [-0.2, 0) is 14.3 Å². The first-order chi connectivity index (χ1) is 7.85. The van der Waals surface area contributed by atoms with Crippen molar-refractivity contribution in [2.75, 3.05) is 0 Å². The average Bonchev–Trinajstić information content (AvgIpc) is 2.74. The first kappa shape index (κ1) is 12.6. The molecule has 96 valence electrons. The average molecular weight is 238 g/mol. The van der Waals surface area contributed by atoms with Crippen LogP contribution in [0.25, 0.3) is 0 Å². The zero-order valence-corrected chi connectivity index (χ0v) is 11.1. The summed E-state index contributed by atoms with van der Waals surface area (Å²) in [5, 5.41) is 0. The van der Waals surface area contributed by atoms with Gasteiger partial charge >= 0.3 is 5.97 Å². The van der Waals surface area contributed by atoms with Crippen molar-refractivity contribution in [3.8, 4) is 0 Å². The first-order valence-electron chi connectivity index (χ1n) is 6.42. The molecule has 0 spiro atoms. The number of ether oxygens (including phenoxy) is 2. The Balaban J connectivity index is 1.83. The van der Waals surface area contributed by atoms with Gasteiger partial charge < -0.3 is 9.47 Å². The summed E-state index contributed by atoms with van der Waals surface area (Å²) in [5.74, 6) is 0.945. The summed E-state index contributed by atoms with van der Waals surface area (Å²) in [6.07, 6.45) is 5.99. The SMILES string of the molecule is CC(OC(=O)C1CC2C=CC1C2)OC(C)(C)C. The molecule has 2 aliphatic rings. The minimum atomic E-state index is -0.467. The number of hydrogen-bond donors (Lipinski definition) is 0. The fourth-order valence-electron chi connectivity index (χ4n) is 2.82. The number of hydrogen-bond acceptors (Lipinski definition) is 3. The van der Waals surface area contributed by atoms with Gasteiger partial charge in [-0.1, -0.05) is 12.2 Å². The number of allylic oxidation sites excluding steroid dienone is 2. The highest BCUT2D eigenvalue weighted by atomic mass is 16.7. The Morgan fingerprint density at radius 2 is 2.00 bits per heavy atom. The third-order valence-corrected chi connectivity index (χ3v) is 3.38. The van der Waals surface area contributed by atoms with E-state index in [2.05, 4.69) is 12.2 Å². The predicted molar refractivity (Wildman–Crippen MR) is 65.2 cm³/mol. The van der Waals surface area contributed by atoms with Crippen LogP contribution in [0, 0.1) is 17.8 Å². The molecule has 1 saturated carbocycles. The third kappa shape index (κ3) is 3.09. The maximum absolute atomic E-state index is 12.0. The summed E-state index contributed by atoms with van der Waals surface area (Å²) < 4.78 is 11.0. The molecule has 0 aromatic heterocycles. The van der Waals surface area contributed by atoms with E-state index in [0.717, 1.165) is 12.8 Å². The number of fused-ring (bicyclic) bond motifs is 2. The molecule has 0 aromatic rings. The van der Waals surface area contributed by atoms with Crippen LogP contribution < -0.4 is 0 Å². The zero-order chi connectivity index (χ0) is 12.6. The highest BCUT2D eigenvalue weighted by Gasteiger charge is 2.41. The summed E-state index contributed by atoms with van der Waals surface area (Å²) in [5.41, 5.74) is -0.283. The lowest BCUT2D eigenvalue weighted by Crippen LogP contribution is -2.32. The van der Waals surface area contributed by atoms with Crippen molar-refractivity contribution in [2.45, 2.75) is 52.4 Å². The molecule has 3 nitrogen and oxygen atoms in total. The van der Waals surface area contributed by atoms with Gasteiger partial charge in [0.15, 0.2) is 0 Å². The van der Waals surface area contributed by atoms with Gasteiger partial charge in [-0.15, -0.1) is 0 Å². The Morgan fingerprint density at radius 1 is 1.29 bits per heavy atom. The lowest BCUT2D eigenvalue weighted by molar-refractivity contribution is -0.201. The van der Waals surface area contributed by atoms with Gasteiger partial charge in [-0.25, -0.2) is 0 Å². The van der Waals surface area contributed by atoms with Crippen molar-refractivity contribution in [3.63, 3.8) is 0 Å². The molecule has 0 N–H and O–H groups in total. The lowest BCUT2D eigenvalue weighted by Gasteiger charge is -2.26. The third-order valence-electron chi connectivity index (χ3n) is 3.38. The molecule has 2 rings (SSSR count). The number of rotatable bonds is 3. The van der Waals surface area contributed by atoms with E-state index in [1.54, 1.807) is 6.92 Å². The maximum atomic E-state index is 12.0. The van der Waals surface area contributed by atoms with Crippen molar-refractivity contribution >= 4 is 5.97 Å². The smallest absolute Gasteiger partial charge is 0.311 e. The van der Waals surface area contributed by atoms with Crippen molar-refractivity contribution < 1.29 is 14.3 Å². The topological polar surface area (TPSA) is 35.5 Å². The van der Waals surface area contributed by atoms with E-state index in [1.165, 1.54) is 0 Å². The number of carbonyl (C=O) groups excluding carboxylic acids is 1. The van der Waals surface area contributed by atoms with Crippen LogP contribution in [0.4, 0.5) is 0 Å². The van der Waals surface area contributed by atoms with E-state index in [4.69, 9.17) is 9.47 Å². The normalized spacial score (nSPS) is 32.8. The van der Waals surface area contributed by atoms with E-state index in [-0.39, 0.29) is 17.5 Å². The number of esters is 1. The molecular formula is C14H22O3. The highest BCUT2D eigenvalue weighted by Crippen LogP contribution is 2.44. The van der Waals surface area contributed by atoms with E-state index in [1.807, 2.05) is 20.8 Å². The van der Waals surface area contributed by atoms with Crippen LogP contribution in [0.2, 0.25) is 0 Å². The first-order valence-corrected chi connectivity index (χ1v) is 6.42. The second-order valence-corrected chi connectivity index (χ2v) is 6.12. The molecule has 4 atom stereocenters. The van der Waals surface area contributed by atoms with Gasteiger partial charge in [0.25, 0.3) is 0 Å². The Bertz CT molecular complexity index is 327. The van der Waals surface area contributed by atoms with Gasteiger partial charge in [0.1, 0.15) is 0 Å². The molecule has 4 unspecified atom stereocenters. The molecule has 2 bridgehead atoms. The van der Waals surface area contributed by atoms with Crippen molar-refractivity contribution in [1.29, 1.82) is 0 Å². The minimum absolute atomic E-state index is 0.0519. The van der Waals surface area contributed by atoms with Gasteiger partial charge in [0.2, 0.25) is 6.29 Å².